The number of rotatable bonds is 8. The predicted octanol–water partition coefficient (Wildman–Crippen LogP) is 1.08. The van der Waals surface area contributed by atoms with Crippen LogP contribution in [0, 0.1) is 5.92 Å². The normalized spacial score (nSPS) is 19.8. The molecule has 1 aromatic heterocycles. The molecule has 0 bridgehead atoms. The van der Waals surface area contributed by atoms with Crippen molar-refractivity contribution in [3.05, 3.63) is 16.3 Å². The molecule has 1 fully saturated rings. The van der Waals surface area contributed by atoms with E-state index in [-0.39, 0.29) is 15.7 Å². The number of hydrogen-bond donors (Lipinski definition) is 2. The predicted molar refractivity (Wildman–Crippen MR) is 87.5 cm³/mol. The lowest BCUT2D eigenvalue weighted by Gasteiger charge is -2.32. The van der Waals surface area contributed by atoms with Crippen molar-refractivity contribution in [1.82, 2.24) is 9.62 Å². The average molecular weight is 362 g/mol. The molecule has 0 aliphatic carbocycles. The lowest BCUT2D eigenvalue weighted by atomic mass is 9.98. The zero-order valence-electron chi connectivity index (χ0n) is 13.0. The number of sulfonamides is 1. The van der Waals surface area contributed by atoms with Gasteiger partial charge in [-0.15, -0.1) is 11.3 Å². The number of ether oxygens (including phenoxy) is 1. The second-order valence-electron chi connectivity index (χ2n) is 5.57. The molecule has 0 radical (unpaired) electrons. The number of carbonyl (C=O) groups is 1. The van der Waals surface area contributed by atoms with Gasteiger partial charge < -0.3 is 14.7 Å². The topological polar surface area (TPSA) is 95.9 Å². The van der Waals surface area contributed by atoms with Crippen LogP contribution in [0.2, 0.25) is 0 Å². The molecule has 23 heavy (non-hydrogen) atoms. The second-order valence-corrected chi connectivity index (χ2v) is 8.22. The number of aromatic carboxylic acids is 1. The molecular weight excluding hydrogens is 340 g/mol. The SMILES string of the molecule is COCCN1CCCC(CNS(=O)(=O)c2ccsc2C(=O)O)C1. The largest absolute Gasteiger partial charge is 0.477 e. The summed E-state index contributed by atoms with van der Waals surface area (Å²) in [5.41, 5.74) is 0. The molecule has 1 aliphatic rings. The van der Waals surface area contributed by atoms with Gasteiger partial charge in [-0.1, -0.05) is 0 Å². The van der Waals surface area contributed by atoms with Crippen molar-refractivity contribution in [2.75, 3.05) is 39.9 Å². The number of carboxylic acids is 1. The van der Waals surface area contributed by atoms with Gasteiger partial charge in [0.25, 0.3) is 0 Å². The number of carboxylic acid groups (broad SMARTS) is 1. The molecule has 0 amide bonds. The number of thiophene rings is 1. The minimum atomic E-state index is -3.79. The van der Waals surface area contributed by atoms with Crippen LogP contribution in [0.1, 0.15) is 22.5 Å². The van der Waals surface area contributed by atoms with Crippen molar-refractivity contribution in [3.8, 4) is 0 Å². The van der Waals surface area contributed by atoms with E-state index < -0.39 is 16.0 Å². The Kier molecular flexibility index (Phi) is 6.54. The van der Waals surface area contributed by atoms with Crippen LogP contribution >= 0.6 is 11.3 Å². The highest BCUT2D eigenvalue weighted by Gasteiger charge is 2.26. The minimum absolute atomic E-state index is 0.150. The molecule has 2 heterocycles. The van der Waals surface area contributed by atoms with E-state index in [1.807, 2.05) is 0 Å². The van der Waals surface area contributed by atoms with Crippen molar-refractivity contribution in [2.24, 2.45) is 5.92 Å². The number of hydrogen-bond acceptors (Lipinski definition) is 6. The number of nitrogens with one attached hydrogen (secondary N) is 1. The van der Waals surface area contributed by atoms with Crippen molar-refractivity contribution in [2.45, 2.75) is 17.7 Å². The summed E-state index contributed by atoms with van der Waals surface area (Å²) in [5, 5.41) is 10.5. The summed E-state index contributed by atoms with van der Waals surface area (Å²) in [5.74, 6) is -0.994. The second kappa shape index (κ2) is 8.20. The van der Waals surface area contributed by atoms with Gasteiger partial charge in [-0.2, -0.15) is 0 Å². The Morgan fingerprint density at radius 2 is 2.35 bits per heavy atom. The third kappa shape index (κ3) is 4.98. The summed E-state index contributed by atoms with van der Waals surface area (Å²) in [6.45, 7) is 3.64. The van der Waals surface area contributed by atoms with E-state index in [1.165, 1.54) is 11.4 Å². The Bertz CT molecular complexity index is 629. The maximum atomic E-state index is 12.3. The summed E-state index contributed by atoms with van der Waals surface area (Å²) in [6.07, 6.45) is 1.98. The van der Waals surface area contributed by atoms with Crippen LogP contribution in [0.15, 0.2) is 16.3 Å². The maximum Gasteiger partial charge on any atom is 0.347 e. The summed E-state index contributed by atoms with van der Waals surface area (Å²) in [4.78, 5) is 13.0. The van der Waals surface area contributed by atoms with E-state index in [9.17, 15) is 13.2 Å². The van der Waals surface area contributed by atoms with Crippen molar-refractivity contribution < 1.29 is 23.1 Å². The molecule has 7 nitrogen and oxygen atoms in total. The number of nitrogens with zero attached hydrogens (tertiary/aromatic N) is 1. The van der Waals surface area contributed by atoms with Crippen molar-refractivity contribution in [3.63, 3.8) is 0 Å². The van der Waals surface area contributed by atoms with Gasteiger partial charge in [0.15, 0.2) is 0 Å². The fourth-order valence-corrected chi connectivity index (χ4v) is 5.09. The third-order valence-electron chi connectivity index (χ3n) is 3.89. The molecule has 2 N–H and O–H groups in total. The Morgan fingerprint density at radius 3 is 3.04 bits per heavy atom. The molecule has 1 saturated heterocycles. The van der Waals surface area contributed by atoms with Crippen LogP contribution in [-0.2, 0) is 14.8 Å². The molecular formula is C14H22N2O5S2. The molecule has 2 rings (SSSR count). The molecule has 0 aromatic carbocycles. The van der Waals surface area contributed by atoms with E-state index in [4.69, 9.17) is 9.84 Å². The molecule has 1 unspecified atom stereocenters. The standard InChI is InChI=1S/C14H22N2O5S2/c1-21-7-6-16-5-2-3-11(10-16)9-15-23(19,20)12-4-8-22-13(12)14(17)18/h4,8,11,15H,2-3,5-7,9-10H2,1H3,(H,17,18). The van der Waals surface area contributed by atoms with Gasteiger partial charge in [0, 0.05) is 26.7 Å². The Hall–Kier alpha value is -1.00. The van der Waals surface area contributed by atoms with E-state index >= 15 is 0 Å². The molecule has 1 aliphatic heterocycles. The zero-order chi connectivity index (χ0) is 16.9. The fraction of sp³-hybridized carbons (Fsp3) is 0.643. The highest BCUT2D eigenvalue weighted by Crippen LogP contribution is 2.22. The Balaban J connectivity index is 1.94. The number of piperidine rings is 1. The zero-order valence-corrected chi connectivity index (χ0v) is 14.7. The monoisotopic (exact) mass is 362 g/mol. The summed E-state index contributed by atoms with van der Waals surface area (Å²) < 4.78 is 32.3. The van der Waals surface area contributed by atoms with Crippen molar-refractivity contribution >= 4 is 27.3 Å². The number of likely N-dealkylation sites (tertiary alicyclic amines) is 1. The maximum absolute atomic E-state index is 12.3. The van der Waals surface area contributed by atoms with Crippen LogP contribution in [0.3, 0.4) is 0 Å². The summed E-state index contributed by atoms with van der Waals surface area (Å²) >= 11 is 0.915. The summed E-state index contributed by atoms with van der Waals surface area (Å²) in [7, 11) is -2.13. The minimum Gasteiger partial charge on any atom is -0.477 e. The lowest BCUT2D eigenvalue weighted by Crippen LogP contribution is -2.42. The first-order chi connectivity index (χ1) is 10.9. The lowest BCUT2D eigenvalue weighted by molar-refractivity contribution is 0.0698. The van der Waals surface area contributed by atoms with Gasteiger partial charge in [0.05, 0.1) is 6.61 Å². The quantitative estimate of drug-likeness (QED) is 0.718. The van der Waals surface area contributed by atoms with Crippen LogP contribution in [-0.4, -0.2) is 64.3 Å². The van der Waals surface area contributed by atoms with Gasteiger partial charge in [-0.25, -0.2) is 17.9 Å². The van der Waals surface area contributed by atoms with Gasteiger partial charge >= 0.3 is 5.97 Å². The molecule has 1 aromatic rings. The number of methoxy groups -OCH3 is 1. The van der Waals surface area contributed by atoms with E-state index in [0.29, 0.717) is 13.2 Å². The fourth-order valence-electron chi connectivity index (χ4n) is 2.71. The van der Waals surface area contributed by atoms with E-state index in [1.54, 1.807) is 7.11 Å². The average Bonchev–Trinajstić information content (AvgIpc) is 3.02. The molecule has 1 atom stereocenters. The highest BCUT2D eigenvalue weighted by atomic mass is 32.2. The molecule has 0 spiro atoms. The van der Waals surface area contributed by atoms with Crippen LogP contribution in [0.25, 0.3) is 0 Å². The smallest absolute Gasteiger partial charge is 0.347 e. The van der Waals surface area contributed by atoms with Crippen LogP contribution < -0.4 is 4.72 Å². The van der Waals surface area contributed by atoms with Gasteiger partial charge in [-0.05, 0) is 36.8 Å². The molecule has 9 heteroatoms. The van der Waals surface area contributed by atoms with Crippen molar-refractivity contribution in [1.29, 1.82) is 0 Å². The van der Waals surface area contributed by atoms with E-state index in [0.717, 1.165) is 43.8 Å². The van der Waals surface area contributed by atoms with E-state index in [2.05, 4.69) is 9.62 Å². The third-order valence-corrected chi connectivity index (χ3v) is 6.39. The van der Waals surface area contributed by atoms with Crippen LogP contribution in [0.4, 0.5) is 0 Å². The first-order valence-corrected chi connectivity index (χ1v) is 9.82. The first-order valence-electron chi connectivity index (χ1n) is 7.46. The van der Waals surface area contributed by atoms with Gasteiger partial charge in [-0.3, -0.25) is 0 Å². The molecule has 130 valence electrons. The summed E-state index contributed by atoms with van der Waals surface area (Å²) in [6, 6.07) is 1.34. The Labute approximate surface area is 140 Å². The Morgan fingerprint density at radius 1 is 1.57 bits per heavy atom. The van der Waals surface area contributed by atoms with Gasteiger partial charge in [0.2, 0.25) is 10.0 Å². The first kappa shape index (κ1) is 18.3. The van der Waals surface area contributed by atoms with Crippen LogP contribution in [0.5, 0.6) is 0 Å². The van der Waals surface area contributed by atoms with Gasteiger partial charge in [0.1, 0.15) is 9.77 Å². The highest BCUT2D eigenvalue weighted by molar-refractivity contribution is 7.89. The molecule has 0 saturated carbocycles.